The fraction of sp³-hybridized carbons (Fsp3) is 0. The molecule has 1 aliphatic rings. The number of hydrogen-bond donors (Lipinski definition) is 0. The first kappa shape index (κ1) is 17.5. The van der Waals surface area contributed by atoms with Gasteiger partial charge in [-0.3, -0.25) is 14.4 Å². The first-order valence-corrected chi connectivity index (χ1v) is 8.89. The fourth-order valence-corrected chi connectivity index (χ4v) is 3.01. The Morgan fingerprint density at radius 1 is 0.840 bits per heavy atom. The molecule has 0 aromatic heterocycles. The van der Waals surface area contributed by atoms with Crippen LogP contribution in [0.4, 0.5) is 5.69 Å². The highest BCUT2D eigenvalue weighted by atomic mass is 79.9. The molecule has 2 amide bonds. The zero-order valence-electron chi connectivity index (χ0n) is 12.8. The Labute approximate surface area is 161 Å². The van der Waals surface area contributed by atoms with Gasteiger partial charge in [-0.15, -0.1) is 0 Å². The third-order valence-corrected chi connectivity index (χ3v) is 5.61. The Morgan fingerprint density at radius 2 is 1.40 bits per heavy atom. The van der Waals surface area contributed by atoms with E-state index in [1.807, 2.05) is 30.3 Å². The highest BCUT2D eigenvalue weighted by Crippen LogP contribution is 2.33. The minimum atomic E-state index is -0.445. The van der Waals surface area contributed by atoms with Gasteiger partial charge in [0.25, 0.3) is 11.8 Å². The van der Waals surface area contributed by atoms with E-state index >= 15 is 0 Å². The maximum Gasteiger partial charge on any atom is 0.273 e. The van der Waals surface area contributed by atoms with Crippen LogP contribution in [0.15, 0.2) is 69.6 Å². The van der Waals surface area contributed by atoms with Gasteiger partial charge in [0.05, 0.1) is 5.69 Å². The van der Waals surface area contributed by atoms with Gasteiger partial charge in [-0.2, -0.15) is 0 Å². The van der Waals surface area contributed by atoms with E-state index in [1.165, 1.54) is 6.08 Å². The van der Waals surface area contributed by atoms with Gasteiger partial charge in [-0.05, 0) is 67.8 Å². The second-order valence-electron chi connectivity index (χ2n) is 5.23. The number of carbonyl (C=O) groups excluding carboxylic acids is 3. The summed E-state index contributed by atoms with van der Waals surface area (Å²) in [4.78, 5) is 37.5. The maximum atomic E-state index is 12.2. The third-order valence-electron chi connectivity index (χ3n) is 3.61. The molecule has 4 nitrogen and oxygen atoms in total. The summed E-state index contributed by atoms with van der Waals surface area (Å²) >= 11 is 6.17. The summed E-state index contributed by atoms with van der Waals surface area (Å²) in [7, 11) is 0. The van der Waals surface area contributed by atoms with Crippen LogP contribution in [-0.4, -0.2) is 17.6 Å². The number of imide groups is 1. The van der Waals surface area contributed by atoms with Gasteiger partial charge in [-0.25, -0.2) is 4.90 Å². The van der Waals surface area contributed by atoms with Gasteiger partial charge in [0.2, 0.25) is 0 Å². The van der Waals surface area contributed by atoms with E-state index < -0.39 is 11.8 Å². The number of amides is 2. The van der Waals surface area contributed by atoms with Gasteiger partial charge >= 0.3 is 0 Å². The van der Waals surface area contributed by atoms with Crippen molar-refractivity contribution >= 4 is 61.2 Å². The zero-order valence-corrected chi connectivity index (χ0v) is 16.0. The van der Waals surface area contributed by atoms with E-state index in [2.05, 4.69) is 31.9 Å². The van der Waals surface area contributed by atoms with Crippen molar-refractivity contribution in [3.63, 3.8) is 0 Å². The number of ketones is 1. The van der Waals surface area contributed by atoms with E-state index in [1.54, 1.807) is 30.3 Å². The van der Waals surface area contributed by atoms with Gasteiger partial charge in [0, 0.05) is 5.56 Å². The van der Waals surface area contributed by atoms with Crippen LogP contribution in [0.1, 0.15) is 15.9 Å². The van der Waals surface area contributed by atoms with Crippen molar-refractivity contribution < 1.29 is 14.4 Å². The van der Waals surface area contributed by atoms with Crippen LogP contribution in [0, 0.1) is 0 Å². The maximum absolute atomic E-state index is 12.2. The molecular weight excluding hydrogens is 450 g/mol. The fourth-order valence-electron chi connectivity index (χ4n) is 2.32. The molecule has 0 saturated heterocycles. The molecule has 0 radical (unpaired) electrons. The Hall–Kier alpha value is -2.31. The number of hydrogen-bond acceptors (Lipinski definition) is 3. The lowest BCUT2D eigenvalue weighted by Gasteiger charge is -2.14. The monoisotopic (exact) mass is 459 g/mol. The normalized spacial score (nSPS) is 14.7. The minimum Gasteiger partial charge on any atom is -0.289 e. The molecule has 0 N–H and O–H groups in total. The molecule has 6 heteroatoms. The Kier molecular flexibility index (Phi) is 5.11. The molecule has 2 aromatic carbocycles. The van der Waals surface area contributed by atoms with E-state index in [0.29, 0.717) is 11.3 Å². The lowest BCUT2D eigenvalue weighted by atomic mass is 10.1. The molecule has 1 aliphatic heterocycles. The predicted octanol–water partition coefficient (Wildman–Crippen LogP) is 4.46. The van der Waals surface area contributed by atoms with Gasteiger partial charge in [0.15, 0.2) is 5.78 Å². The van der Waals surface area contributed by atoms with Crippen LogP contribution < -0.4 is 4.90 Å². The SMILES string of the molecule is O=C(/C=C/c1ccccc1)c1ccc(N2C(=O)C(Br)=C(Br)C2=O)cc1. The summed E-state index contributed by atoms with van der Waals surface area (Å²) in [6.45, 7) is 0. The Bertz CT molecular complexity index is 891. The van der Waals surface area contributed by atoms with Crippen LogP contribution in [0.25, 0.3) is 6.08 Å². The molecule has 3 rings (SSSR count). The van der Waals surface area contributed by atoms with E-state index in [9.17, 15) is 14.4 Å². The molecule has 0 aliphatic carbocycles. The average molecular weight is 461 g/mol. The topological polar surface area (TPSA) is 54.5 Å². The van der Waals surface area contributed by atoms with E-state index in [0.717, 1.165) is 10.5 Å². The molecule has 1 heterocycles. The summed E-state index contributed by atoms with van der Waals surface area (Å²) in [5, 5.41) is 0. The number of rotatable bonds is 4. The molecule has 0 unspecified atom stereocenters. The van der Waals surface area contributed by atoms with Crippen molar-refractivity contribution in [2.75, 3.05) is 4.90 Å². The number of anilines is 1. The molecule has 0 spiro atoms. The summed E-state index contributed by atoms with van der Waals surface area (Å²) in [5.74, 6) is -1.05. The van der Waals surface area contributed by atoms with Crippen LogP contribution in [0.5, 0.6) is 0 Å². The quantitative estimate of drug-likeness (QED) is 0.384. The number of benzene rings is 2. The highest BCUT2D eigenvalue weighted by molar-refractivity contribution is 9.14. The molecule has 0 fully saturated rings. The summed E-state index contributed by atoms with van der Waals surface area (Å²) in [6.07, 6.45) is 3.23. The number of nitrogens with zero attached hydrogens (tertiary/aromatic N) is 1. The molecular formula is C19H11Br2NO3. The molecule has 0 bridgehead atoms. The van der Waals surface area contributed by atoms with Crippen LogP contribution in [0.2, 0.25) is 0 Å². The Balaban J connectivity index is 1.77. The Morgan fingerprint density at radius 3 is 1.96 bits per heavy atom. The number of carbonyl (C=O) groups is 3. The van der Waals surface area contributed by atoms with Crippen LogP contribution >= 0.6 is 31.9 Å². The van der Waals surface area contributed by atoms with Crippen molar-refractivity contribution in [1.82, 2.24) is 0 Å². The van der Waals surface area contributed by atoms with Gasteiger partial charge in [0.1, 0.15) is 8.96 Å². The molecule has 0 atom stereocenters. The third kappa shape index (κ3) is 3.55. The minimum absolute atomic E-state index is 0.157. The van der Waals surface area contributed by atoms with Crippen LogP contribution in [-0.2, 0) is 9.59 Å². The molecule has 124 valence electrons. The first-order chi connectivity index (χ1) is 12.0. The van der Waals surface area contributed by atoms with Crippen molar-refractivity contribution in [3.8, 4) is 0 Å². The van der Waals surface area contributed by atoms with Crippen LogP contribution in [0.3, 0.4) is 0 Å². The number of allylic oxidation sites excluding steroid dienone is 1. The van der Waals surface area contributed by atoms with E-state index in [-0.39, 0.29) is 14.7 Å². The van der Waals surface area contributed by atoms with Gasteiger partial charge in [-0.1, -0.05) is 36.4 Å². The molecule has 0 saturated carbocycles. The standard InChI is InChI=1S/C19H11Br2NO3/c20-16-17(21)19(25)22(18(16)24)14-9-7-13(8-10-14)15(23)11-6-12-4-2-1-3-5-12/h1-11H/b11-6+. The average Bonchev–Trinajstić information content (AvgIpc) is 2.84. The predicted molar refractivity (Wildman–Crippen MR) is 104 cm³/mol. The summed E-state index contributed by atoms with van der Waals surface area (Å²) in [6, 6.07) is 15.8. The molecule has 2 aromatic rings. The highest BCUT2D eigenvalue weighted by Gasteiger charge is 2.36. The van der Waals surface area contributed by atoms with E-state index in [4.69, 9.17) is 0 Å². The lowest BCUT2D eigenvalue weighted by Crippen LogP contribution is -2.30. The lowest BCUT2D eigenvalue weighted by molar-refractivity contribution is -0.120. The first-order valence-electron chi connectivity index (χ1n) is 7.30. The van der Waals surface area contributed by atoms with Crippen molar-refractivity contribution in [2.24, 2.45) is 0 Å². The smallest absolute Gasteiger partial charge is 0.273 e. The van der Waals surface area contributed by atoms with Crippen molar-refractivity contribution in [2.45, 2.75) is 0 Å². The largest absolute Gasteiger partial charge is 0.289 e. The van der Waals surface area contributed by atoms with Crippen molar-refractivity contribution in [3.05, 3.63) is 80.8 Å². The van der Waals surface area contributed by atoms with Gasteiger partial charge < -0.3 is 0 Å². The summed E-state index contributed by atoms with van der Waals surface area (Å²) < 4.78 is 0.367. The number of halogens is 2. The zero-order chi connectivity index (χ0) is 18.0. The second kappa shape index (κ2) is 7.29. The second-order valence-corrected chi connectivity index (χ2v) is 6.81. The summed E-state index contributed by atoms with van der Waals surface area (Å²) in [5.41, 5.74) is 1.81. The van der Waals surface area contributed by atoms with Crippen molar-refractivity contribution in [1.29, 1.82) is 0 Å². The molecule has 25 heavy (non-hydrogen) atoms.